The maximum absolute atomic E-state index is 11.8. The van der Waals surface area contributed by atoms with Crippen LogP contribution in [0.2, 0.25) is 0 Å². The highest BCUT2D eigenvalue weighted by Gasteiger charge is 2.21. The molecule has 15 heavy (non-hydrogen) atoms. The highest BCUT2D eigenvalue weighted by molar-refractivity contribution is 7.99. The number of aryl methyl sites for hydroxylation is 1. The van der Waals surface area contributed by atoms with E-state index in [-0.39, 0.29) is 11.9 Å². The summed E-state index contributed by atoms with van der Waals surface area (Å²) in [5.41, 5.74) is 1.26. The molecule has 82 valence electrons. The second kappa shape index (κ2) is 5.68. The molecule has 0 aliphatic carbocycles. The summed E-state index contributed by atoms with van der Waals surface area (Å²) in [5, 5.41) is 4.15. The summed E-state index contributed by atoms with van der Waals surface area (Å²) in [6, 6.07) is 2.08. The molecule has 0 saturated carbocycles. The van der Waals surface area contributed by atoms with E-state index in [1.807, 2.05) is 17.1 Å². The Kier molecular flexibility index (Phi) is 4.23. The SMILES string of the molecule is O=C(CCc1ccsc1)C1CSCCO1. The second-order valence-electron chi connectivity index (χ2n) is 3.53. The molecule has 1 unspecified atom stereocenters. The first-order chi connectivity index (χ1) is 7.36. The minimum absolute atomic E-state index is 0.151. The van der Waals surface area contributed by atoms with E-state index in [4.69, 9.17) is 4.74 Å². The van der Waals surface area contributed by atoms with Gasteiger partial charge in [0.05, 0.1) is 6.61 Å². The van der Waals surface area contributed by atoms with Crippen LogP contribution in [-0.2, 0) is 16.0 Å². The maximum atomic E-state index is 11.8. The fourth-order valence-corrected chi connectivity index (χ4v) is 3.12. The van der Waals surface area contributed by atoms with Crippen molar-refractivity contribution in [3.8, 4) is 0 Å². The topological polar surface area (TPSA) is 26.3 Å². The zero-order chi connectivity index (χ0) is 10.5. The molecule has 0 spiro atoms. The molecule has 0 N–H and O–H groups in total. The molecular formula is C11H14O2S2. The fraction of sp³-hybridized carbons (Fsp3) is 0.545. The molecule has 1 aliphatic heterocycles. The lowest BCUT2D eigenvalue weighted by molar-refractivity contribution is -0.129. The largest absolute Gasteiger partial charge is 0.369 e. The van der Waals surface area contributed by atoms with Crippen LogP contribution in [0.3, 0.4) is 0 Å². The van der Waals surface area contributed by atoms with Gasteiger partial charge in [-0.05, 0) is 28.8 Å². The van der Waals surface area contributed by atoms with Crippen LogP contribution in [0.25, 0.3) is 0 Å². The summed E-state index contributed by atoms with van der Waals surface area (Å²) in [6.45, 7) is 0.722. The Hall–Kier alpha value is -0.320. The van der Waals surface area contributed by atoms with Crippen molar-refractivity contribution in [3.05, 3.63) is 22.4 Å². The van der Waals surface area contributed by atoms with Gasteiger partial charge in [0.2, 0.25) is 0 Å². The van der Waals surface area contributed by atoms with Gasteiger partial charge in [0.25, 0.3) is 0 Å². The lowest BCUT2D eigenvalue weighted by Crippen LogP contribution is -2.31. The third kappa shape index (κ3) is 3.33. The predicted octanol–water partition coefficient (Wildman–Crippen LogP) is 2.38. The first-order valence-electron chi connectivity index (χ1n) is 5.09. The first kappa shape index (κ1) is 11.2. The van der Waals surface area contributed by atoms with Gasteiger partial charge in [-0.2, -0.15) is 23.1 Å². The number of Topliss-reactive ketones (excluding diaryl/α,β-unsaturated/α-hetero) is 1. The Labute approximate surface area is 98.0 Å². The first-order valence-corrected chi connectivity index (χ1v) is 7.19. The predicted molar refractivity (Wildman–Crippen MR) is 64.7 cm³/mol. The molecule has 1 atom stereocenters. The van der Waals surface area contributed by atoms with E-state index in [0.717, 1.165) is 24.5 Å². The molecule has 0 aromatic carbocycles. The number of hydrogen-bond acceptors (Lipinski definition) is 4. The highest BCUT2D eigenvalue weighted by Crippen LogP contribution is 2.16. The number of ether oxygens (including phenoxy) is 1. The van der Waals surface area contributed by atoms with Crippen molar-refractivity contribution in [2.75, 3.05) is 18.1 Å². The standard InChI is InChI=1S/C11H14O2S2/c12-10(11-8-15-6-4-13-11)2-1-9-3-5-14-7-9/h3,5,7,11H,1-2,4,6,8H2. The number of carbonyl (C=O) groups excluding carboxylic acids is 1. The third-order valence-electron chi connectivity index (χ3n) is 2.42. The fourth-order valence-electron chi connectivity index (χ4n) is 1.54. The van der Waals surface area contributed by atoms with Crippen molar-refractivity contribution in [1.82, 2.24) is 0 Å². The Morgan fingerprint density at radius 3 is 3.20 bits per heavy atom. The number of thioether (sulfide) groups is 1. The minimum Gasteiger partial charge on any atom is -0.369 e. The Balaban J connectivity index is 1.76. The monoisotopic (exact) mass is 242 g/mol. The van der Waals surface area contributed by atoms with Crippen molar-refractivity contribution in [2.24, 2.45) is 0 Å². The maximum Gasteiger partial charge on any atom is 0.162 e. The van der Waals surface area contributed by atoms with Crippen molar-refractivity contribution < 1.29 is 9.53 Å². The van der Waals surface area contributed by atoms with Crippen molar-refractivity contribution in [1.29, 1.82) is 0 Å². The molecule has 4 heteroatoms. The van der Waals surface area contributed by atoms with Crippen LogP contribution in [0.5, 0.6) is 0 Å². The lowest BCUT2D eigenvalue weighted by Gasteiger charge is -2.20. The quantitative estimate of drug-likeness (QED) is 0.811. The Morgan fingerprint density at radius 2 is 2.53 bits per heavy atom. The van der Waals surface area contributed by atoms with E-state index in [9.17, 15) is 4.79 Å². The van der Waals surface area contributed by atoms with Gasteiger partial charge in [0.15, 0.2) is 5.78 Å². The van der Waals surface area contributed by atoms with Gasteiger partial charge < -0.3 is 4.74 Å². The van der Waals surface area contributed by atoms with E-state index in [1.165, 1.54) is 5.56 Å². The van der Waals surface area contributed by atoms with E-state index in [2.05, 4.69) is 11.4 Å². The molecule has 1 aliphatic rings. The number of thiophene rings is 1. The molecule has 0 bridgehead atoms. The second-order valence-corrected chi connectivity index (χ2v) is 5.46. The van der Waals surface area contributed by atoms with E-state index < -0.39 is 0 Å². The summed E-state index contributed by atoms with van der Waals surface area (Å²) in [7, 11) is 0. The van der Waals surface area contributed by atoms with Crippen LogP contribution in [0.1, 0.15) is 12.0 Å². The van der Waals surface area contributed by atoms with Gasteiger partial charge in [-0.1, -0.05) is 0 Å². The van der Waals surface area contributed by atoms with Crippen LogP contribution < -0.4 is 0 Å². The normalized spacial score (nSPS) is 21.5. The molecule has 2 nitrogen and oxygen atoms in total. The Bertz CT molecular complexity index is 302. The zero-order valence-corrected chi connectivity index (χ0v) is 10.1. The minimum atomic E-state index is -0.151. The highest BCUT2D eigenvalue weighted by atomic mass is 32.2. The smallest absolute Gasteiger partial charge is 0.162 e. The number of rotatable bonds is 4. The van der Waals surface area contributed by atoms with Crippen molar-refractivity contribution >= 4 is 28.9 Å². The van der Waals surface area contributed by atoms with Crippen molar-refractivity contribution in [2.45, 2.75) is 18.9 Å². The van der Waals surface area contributed by atoms with E-state index >= 15 is 0 Å². The summed E-state index contributed by atoms with van der Waals surface area (Å²) >= 11 is 3.49. The van der Waals surface area contributed by atoms with Crippen molar-refractivity contribution in [3.63, 3.8) is 0 Å². The molecule has 1 saturated heterocycles. The summed E-state index contributed by atoms with van der Waals surface area (Å²) in [4.78, 5) is 11.8. The van der Waals surface area contributed by atoms with Gasteiger partial charge >= 0.3 is 0 Å². The van der Waals surface area contributed by atoms with Gasteiger partial charge in [0.1, 0.15) is 6.10 Å². The van der Waals surface area contributed by atoms with Gasteiger partial charge in [-0.3, -0.25) is 4.79 Å². The van der Waals surface area contributed by atoms with E-state index in [1.54, 1.807) is 11.3 Å². The number of ketones is 1. The molecule has 1 fully saturated rings. The Morgan fingerprint density at radius 1 is 1.60 bits per heavy atom. The van der Waals surface area contributed by atoms with Crippen LogP contribution >= 0.6 is 23.1 Å². The summed E-state index contributed by atoms with van der Waals surface area (Å²) < 4.78 is 5.44. The molecule has 0 amide bonds. The van der Waals surface area contributed by atoms with E-state index in [0.29, 0.717) is 6.42 Å². The summed E-state index contributed by atoms with van der Waals surface area (Å²) in [6.07, 6.45) is 1.32. The van der Waals surface area contributed by atoms with Gasteiger partial charge in [0, 0.05) is 17.9 Å². The molecular weight excluding hydrogens is 228 g/mol. The van der Waals surface area contributed by atoms with Crippen LogP contribution in [0.4, 0.5) is 0 Å². The molecule has 1 aromatic heterocycles. The average molecular weight is 242 g/mol. The molecule has 2 heterocycles. The third-order valence-corrected chi connectivity index (χ3v) is 4.14. The molecule has 1 aromatic rings. The average Bonchev–Trinajstić information content (AvgIpc) is 2.80. The number of hydrogen-bond donors (Lipinski definition) is 0. The summed E-state index contributed by atoms with van der Waals surface area (Å²) in [5.74, 6) is 2.12. The van der Waals surface area contributed by atoms with Gasteiger partial charge in [-0.25, -0.2) is 0 Å². The van der Waals surface area contributed by atoms with Crippen LogP contribution in [0.15, 0.2) is 16.8 Å². The van der Waals surface area contributed by atoms with Crippen LogP contribution in [0, 0.1) is 0 Å². The zero-order valence-electron chi connectivity index (χ0n) is 8.48. The molecule has 2 rings (SSSR count). The molecule has 0 radical (unpaired) electrons. The van der Waals surface area contributed by atoms with Crippen LogP contribution in [-0.4, -0.2) is 30.0 Å². The lowest BCUT2D eigenvalue weighted by atomic mass is 10.1. The number of carbonyl (C=O) groups is 1. The van der Waals surface area contributed by atoms with Gasteiger partial charge in [-0.15, -0.1) is 0 Å².